The summed E-state index contributed by atoms with van der Waals surface area (Å²) in [6, 6.07) is 6.10. The molecule has 1 amide bonds. The maximum atomic E-state index is 12.3. The zero-order valence-corrected chi connectivity index (χ0v) is 12.1. The zero-order valence-electron chi connectivity index (χ0n) is 12.1. The van der Waals surface area contributed by atoms with Gasteiger partial charge in [-0.25, -0.2) is 9.97 Å². The van der Waals surface area contributed by atoms with Crippen LogP contribution >= 0.6 is 0 Å². The Balaban J connectivity index is 2.12. The number of aromatic nitrogens is 2. The van der Waals surface area contributed by atoms with Gasteiger partial charge in [-0.1, -0.05) is 12.1 Å². The lowest BCUT2D eigenvalue weighted by molar-refractivity contribution is -0.121. The Labute approximate surface area is 118 Å². The fraction of sp³-hybridized carbons (Fsp3) is 0.312. The van der Waals surface area contributed by atoms with Gasteiger partial charge in [0.25, 0.3) is 0 Å². The summed E-state index contributed by atoms with van der Waals surface area (Å²) in [7, 11) is 1.82. The maximum Gasteiger partial charge on any atom is 0.236 e. The highest BCUT2D eigenvalue weighted by Crippen LogP contribution is 2.42. The van der Waals surface area contributed by atoms with Gasteiger partial charge in [-0.15, -0.1) is 0 Å². The molecule has 102 valence electrons. The van der Waals surface area contributed by atoms with Crippen molar-refractivity contribution in [1.82, 2.24) is 9.97 Å². The largest absolute Gasteiger partial charge is 0.314 e. The Hall–Kier alpha value is -2.23. The van der Waals surface area contributed by atoms with E-state index >= 15 is 0 Å². The van der Waals surface area contributed by atoms with E-state index in [0.29, 0.717) is 0 Å². The molecule has 20 heavy (non-hydrogen) atoms. The fourth-order valence-electron chi connectivity index (χ4n) is 2.70. The van der Waals surface area contributed by atoms with Crippen molar-refractivity contribution in [2.24, 2.45) is 0 Å². The maximum absolute atomic E-state index is 12.3. The van der Waals surface area contributed by atoms with Gasteiger partial charge in [-0.3, -0.25) is 4.79 Å². The molecule has 0 spiro atoms. The van der Waals surface area contributed by atoms with Crippen molar-refractivity contribution >= 4 is 11.6 Å². The van der Waals surface area contributed by atoms with Crippen LogP contribution in [0.2, 0.25) is 0 Å². The van der Waals surface area contributed by atoms with Gasteiger partial charge in [0.2, 0.25) is 5.91 Å². The van der Waals surface area contributed by atoms with E-state index in [9.17, 15) is 4.79 Å². The van der Waals surface area contributed by atoms with Crippen LogP contribution < -0.4 is 4.90 Å². The number of likely N-dealkylation sites (N-methyl/N-ethyl adjacent to an activating group) is 1. The quantitative estimate of drug-likeness (QED) is 0.798. The molecule has 0 saturated carbocycles. The number of fused-ring (bicyclic) bond motifs is 1. The van der Waals surface area contributed by atoms with E-state index in [1.54, 1.807) is 4.90 Å². The predicted molar refractivity (Wildman–Crippen MR) is 78.6 cm³/mol. The molecule has 1 aromatic heterocycles. The van der Waals surface area contributed by atoms with Gasteiger partial charge in [-0.2, -0.15) is 0 Å². The van der Waals surface area contributed by atoms with E-state index in [4.69, 9.17) is 0 Å². The number of nitrogens with zero attached hydrogens (tertiary/aromatic N) is 3. The summed E-state index contributed by atoms with van der Waals surface area (Å²) in [4.78, 5) is 22.4. The Kier molecular flexibility index (Phi) is 2.64. The van der Waals surface area contributed by atoms with Gasteiger partial charge in [0.05, 0.1) is 5.41 Å². The first-order valence-corrected chi connectivity index (χ1v) is 6.63. The second kappa shape index (κ2) is 4.13. The van der Waals surface area contributed by atoms with Crippen molar-refractivity contribution in [2.75, 3.05) is 11.9 Å². The molecule has 4 heteroatoms. The lowest BCUT2D eigenvalue weighted by Crippen LogP contribution is -2.33. The van der Waals surface area contributed by atoms with Crippen LogP contribution in [0.5, 0.6) is 0 Å². The van der Waals surface area contributed by atoms with Crippen molar-refractivity contribution in [2.45, 2.75) is 26.2 Å². The van der Waals surface area contributed by atoms with Gasteiger partial charge in [0.15, 0.2) is 0 Å². The van der Waals surface area contributed by atoms with Crippen LogP contribution in [0.3, 0.4) is 0 Å². The molecule has 2 heterocycles. The molecule has 4 nitrogen and oxygen atoms in total. The molecule has 0 saturated heterocycles. The summed E-state index contributed by atoms with van der Waals surface area (Å²) < 4.78 is 0. The molecule has 0 radical (unpaired) electrons. The highest BCUT2D eigenvalue weighted by molar-refractivity contribution is 6.07. The van der Waals surface area contributed by atoms with Crippen LogP contribution in [0, 0.1) is 6.92 Å². The van der Waals surface area contributed by atoms with Crippen molar-refractivity contribution in [1.29, 1.82) is 0 Å². The molecular formula is C16H17N3O. The summed E-state index contributed by atoms with van der Waals surface area (Å²) in [5, 5.41) is 0. The third kappa shape index (κ3) is 1.72. The number of aryl methyl sites for hydroxylation is 1. The first-order valence-electron chi connectivity index (χ1n) is 6.63. The monoisotopic (exact) mass is 267 g/mol. The van der Waals surface area contributed by atoms with E-state index in [2.05, 4.69) is 9.97 Å². The number of hydrogen-bond acceptors (Lipinski definition) is 3. The van der Waals surface area contributed by atoms with Crippen LogP contribution in [0.25, 0.3) is 11.1 Å². The van der Waals surface area contributed by atoms with Crippen LogP contribution in [0.1, 0.15) is 25.2 Å². The summed E-state index contributed by atoms with van der Waals surface area (Å²) in [5.74, 6) is 0.883. The molecular weight excluding hydrogens is 250 g/mol. The van der Waals surface area contributed by atoms with Gasteiger partial charge < -0.3 is 4.90 Å². The third-order valence-corrected chi connectivity index (χ3v) is 3.99. The van der Waals surface area contributed by atoms with Crippen LogP contribution in [0.15, 0.2) is 30.6 Å². The normalized spacial score (nSPS) is 16.4. The molecule has 1 aromatic carbocycles. The SMILES string of the molecule is Cc1ncc(-c2ccc3c(c2)N(C)C(=O)C3(C)C)cn1. The first kappa shape index (κ1) is 12.8. The minimum atomic E-state index is -0.452. The number of hydrogen-bond donors (Lipinski definition) is 0. The molecule has 1 aliphatic rings. The molecule has 0 fully saturated rings. The third-order valence-electron chi connectivity index (χ3n) is 3.99. The second-order valence-electron chi connectivity index (χ2n) is 5.74. The minimum absolute atomic E-state index is 0.129. The number of amides is 1. The van der Waals surface area contributed by atoms with E-state index in [0.717, 1.165) is 28.2 Å². The Morgan fingerprint density at radius 1 is 1.10 bits per heavy atom. The molecule has 3 rings (SSSR count). The molecule has 0 bridgehead atoms. The van der Waals surface area contributed by atoms with E-state index in [1.807, 2.05) is 58.4 Å². The number of benzene rings is 1. The average molecular weight is 267 g/mol. The number of carbonyl (C=O) groups excluding carboxylic acids is 1. The Morgan fingerprint density at radius 2 is 1.75 bits per heavy atom. The molecule has 0 atom stereocenters. The molecule has 1 aliphatic heterocycles. The predicted octanol–water partition coefficient (Wildman–Crippen LogP) is 2.71. The molecule has 0 aliphatic carbocycles. The smallest absolute Gasteiger partial charge is 0.236 e. The Bertz CT molecular complexity index is 689. The fourth-order valence-corrected chi connectivity index (χ4v) is 2.70. The molecule has 2 aromatic rings. The van der Waals surface area contributed by atoms with Crippen LogP contribution in [-0.4, -0.2) is 22.9 Å². The number of anilines is 1. The number of rotatable bonds is 1. The highest BCUT2D eigenvalue weighted by atomic mass is 16.2. The summed E-state index contributed by atoms with van der Waals surface area (Å²) in [6.07, 6.45) is 3.62. The topological polar surface area (TPSA) is 46.1 Å². The van der Waals surface area contributed by atoms with Gasteiger partial charge in [0, 0.05) is 30.7 Å². The molecule has 0 unspecified atom stereocenters. The van der Waals surface area contributed by atoms with Gasteiger partial charge in [-0.05, 0) is 38.0 Å². The van der Waals surface area contributed by atoms with Crippen LogP contribution in [-0.2, 0) is 10.2 Å². The van der Waals surface area contributed by atoms with E-state index in [1.165, 1.54) is 0 Å². The summed E-state index contributed by atoms with van der Waals surface area (Å²) >= 11 is 0. The van der Waals surface area contributed by atoms with Gasteiger partial charge in [0.1, 0.15) is 5.82 Å². The highest BCUT2D eigenvalue weighted by Gasteiger charge is 2.42. The minimum Gasteiger partial charge on any atom is -0.314 e. The summed E-state index contributed by atoms with van der Waals surface area (Å²) in [6.45, 7) is 5.79. The van der Waals surface area contributed by atoms with E-state index in [-0.39, 0.29) is 5.91 Å². The van der Waals surface area contributed by atoms with Crippen molar-refractivity contribution in [3.05, 3.63) is 42.0 Å². The van der Waals surface area contributed by atoms with Gasteiger partial charge >= 0.3 is 0 Å². The van der Waals surface area contributed by atoms with Crippen molar-refractivity contribution < 1.29 is 4.79 Å². The lowest BCUT2D eigenvalue weighted by atomic mass is 9.85. The van der Waals surface area contributed by atoms with E-state index < -0.39 is 5.41 Å². The molecule has 0 N–H and O–H groups in total. The standard InChI is InChI=1S/C16H17N3O/c1-10-17-8-12(9-18-10)11-5-6-13-14(7-11)19(4)15(20)16(13,2)3/h5-9H,1-4H3. The number of carbonyl (C=O) groups is 1. The lowest BCUT2D eigenvalue weighted by Gasteiger charge is -2.16. The first-order chi connectivity index (χ1) is 9.41. The second-order valence-corrected chi connectivity index (χ2v) is 5.74. The van der Waals surface area contributed by atoms with Crippen molar-refractivity contribution in [3.8, 4) is 11.1 Å². The summed E-state index contributed by atoms with van der Waals surface area (Å²) in [5.41, 5.74) is 3.58. The van der Waals surface area contributed by atoms with Crippen LogP contribution in [0.4, 0.5) is 5.69 Å². The van der Waals surface area contributed by atoms with Crippen molar-refractivity contribution in [3.63, 3.8) is 0 Å². The average Bonchev–Trinajstić information content (AvgIpc) is 2.61. The Morgan fingerprint density at radius 3 is 2.40 bits per heavy atom. The zero-order chi connectivity index (χ0) is 14.5.